The molecule has 0 aliphatic heterocycles. The normalized spacial score (nSPS) is 12.5. The number of rotatable bonds is 4. The molecule has 0 atom stereocenters. The molecule has 5 heteroatoms. The second kappa shape index (κ2) is 7.27. The summed E-state index contributed by atoms with van der Waals surface area (Å²) >= 11 is 0. The molecule has 0 saturated heterocycles. The fourth-order valence-electron chi connectivity index (χ4n) is 1.33. The molecule has 0 heterocycles. The van der Waals surface area contributed by atoms with Crippen LogP contribution in [0.25, 0.3) is 0 Å². The molecule has 0 bridgehead atoms. The highest BCUT2D eigenvalue weighted by atomic mass is 15.2. The van der Waals surface area contributed by atoms with Gasteiger partial charge in [0.2, 0.25) is 0 Å². The Morgan fingerprint density at radius 1 is 1.12 bits per heavy atom. The van der Waals surface area contributed by atoms with Gasteiger partial charge in [-0.15, -0.1) is 0 Å². The zero-order valence-corrected chi connectivity index (χ0v) is 10.1. The van der Waals surface area contributed by atoms with Crippen LogP contribution in [-0.2, 0) is 6.42 Å². The lowest BCUT2D eigenvalue weighted by Gasteiger charge is -2.04. The minimum absolute atomic E-state index is 0.300. The summed E-state index contributed by atoms with van der Waals surface area (Å²) in [5, 5.41) is 2.72. The maximum Gasteiger partial charge on any atom is 0.195 e. The first-order chi connectivity index (χ1) is 8.22. The maximum atomic E-state index is 5.65. The second-order valence-electron chi connectivity index (χ2n) is 3.49. The molecule has 0 saturated carbocycles. The average Bonchev–Trinajstić information content (AvgIpc) is 2.30. The molecule has 0 fully saturated rings. The summed E-state index contributed by atoms with van der Waals surface area (Å²) in [6, 6.07) is 10.1. The number of hydrogen-bond acceptors (Lipinski definition) is 2. The highest BCUT2D eigenvalue weighted by Crippen LogP contribution is 1.98. The number of nitrogens with two attached hydrogens (primary N) is 2. The molecule has 5 nitrogen and oxygen atoms in total. The molecule has 1 aromatic carbocycles. The molecule has 0 spiro atoms. The lowest BCUT2D eigenvalue weighted by Crippen LogP contribution is -2.41. The van der Waals surface area contributed by atoms with E-state index >= 15 is 0 Å². The van der Waals surface area contributed by atoms with E-state index < -0.39 is 0 Å². The number of hydrogen-bond donors (Lipinski definition) is 3. The monoisotopic (exact) mass is 233 g/mol. The maximum absolute atomic E-state index is 5.65. The van der Waals surface area contributed by atoms with E-state index in [9.17, 15) is 0 Å². The highest BCUT2D eigenvalue weighted by molar-refractivity contribution is 5.96. The van der Waals surface area contributed by atoms with Crippen molar-refractivity contribution in [2.45, 2.75) is 13.3 Å². The fraction of sp³-hybridized carbons (Fsp3) is 0.333. The molecule has 0 radical (unpaired) electrons. The first-order valence-electron chi connectivity index (χ1n) is 5.63. The van der Waals surface area contributed by atoms with E-state index in [0.29, 0.717) is 25.0 Å². The molecule has 1 rings (SSSR count). The number of nitrogens with zero attached hydrogens (tertiary/aromatic N) is 2. The Kier molecular flexibility index (Phi) is 5.57. The predicted octanol–water partition coefficient (Wildman–Crippen LogP) is 0.468. The summed E-state index contributed by atoms with van der Waals surface area (Å²) in [7, 11) is 0. The first kappa shape index (κ1) is 13.0. The number of benzene rings is 1. The van der Waals surface area contributed by atoms with Gasteiger partial charge in [0.05, 0.1) is 0 Å². The van der Waals surface area contributed by atoms with Crippen LogP contribution in [0.2, 0.25) is 0 Å². The van der Waals surface area contributed by atoms with Gasteiger partial charge in [-0.1, -0.05) is 30.3 Å². The van der Waals surface area contributed by atoms with Gasteiger partial charge in [0, 0.05) is 13.1 Å². The summed E-state index contributed by atoms with van der Waals surface area (Å²) in [6.45, 7) is 3.15. The Bertz CT molecular complexity index is 383. The molecule has 0 aromatic heterocycles. The Hall–Kier alpha value is -2.04. The lowest BCUT2D eigenvalue weighted by molar-refractivity contribution is 0.953. The van der Waals surface area contributed by atoms with E-state index in [1.165, 1.54) is 5.56 Å². The van der Waals surface area contributed by atoms with Crippen LogP contribution in [0.3, 0.4) is 0 Å². The Morgan fingerprint density at radius 2 is 1.76 bits per heavy atom. The third-order valence-corrected chi connectivity index (χ3v) is 2.11. The molecular weight excluding hydrogens is 214 g/mol. The smallest absolute Gasteiger partial charge is 0.195 e. The number of guanidine groups is 2. The largest absolute Gasteiger partial charge is 0.370 e. The van der Waals surface area contributed by atoms with Crippen molar-refractivity contribution in [1.29, 1.82) is 0 Å². The van der Waals surface area contributed by atoms with Crippen LogP contribution in [0.5, 0.6) is 0 Å². The van der Waals surface area contributed by atoms with E-state index in [2.05, 4.69) is 27.4 Å². The molecule has 0 unspecified atom stereocenters. The molecule has 0 aliphatic carbocycles. The second-order valence-corrected chi connectivity index (χ2v) is 3.49. The van der Waals surface area contributed by atoms with Gasteiger partial charge in [-0.3, -0.25) is 15.3 Å². The van der Waals surface area contributed by atoms with Crippen LogP contribution in [0, 0.1) is 0 Å². The summed E-state index contributed by atoms with van der Waals surface area (Å²) in [4.78, 5) is 8.12. The molecule has 17 heavy (non-hydrogen) atoms. The summed E-state index contributed by atoms with van der Waals surface area (Å²) in [5.74, 6) is 0.601. The van der Waals surface area contributed by atoms with Gasteiger partial charge in [-0.25, -0.2) is 0 Å². The summed E-state index contributed by atoms with van der Waals surface area (Å²) < 4.78 is 0. The zero-order valence-electron chi connectivity index (χ0n) is 10.1. The molecular formula is C12H19N5. The SMILES string of the molecule is CCN=C(N)NC(N)=NCCc1ccccc1. The Balaban J connectivity index is 2.36. The third kappa shape index (κ3) is 5.55. The Morgan fingerprint density at radius 3 is 2.41 bits per heavy atom. The van der Waals surface area contributed by atoms with Crippen LogP contribution in [-0.4, -0.2) is 25.0 Å². The van der Waals surface area contributed by atoms with E-state index in [4.69, 9.17) is 11.5 Å². The molecule has 0 amide bonds. The van der Waals surface area contributed by atoms with Crippen molar-refractivity contribution in [3.8, 4) is 0 Å². The van der Waals surface area contributed by atoms with Crippen molar-refractivity contribution in [2.24, 2.45) is 21.5 Å². The van der Waals surface area contributed by atoms with Gasteiger partial charge in [0.25, 0.3) is 0 Å². The van der Waals surface area contributed by atoms with Gasteiger partial charge in [-0.2, -0.15) is 0 Å². The summed E-state index contributed by atoms with van der Waals surface area (Å²) in [5.41, 5.74) is 12.4. The molecule has 1 aromatic rings. The van der Waals surface area contributed by atoms with Crippen molar-refractivity contribution in [1.82, 2.24) is 5.32 Å². The van der Waals surface area contributed by atoms with Gasteiger partial charge < -0.3 is 11.5 Å². The molecule has 5 N–H and O–H groups in total. The van der Waals surface area contributed by atoms with Crippen molar-refractivity contribution in [3.63, 3.8) is 0 Å². The van der Waals surface area contributed by atoms with Crippen molar-refractivity contribution in [3.05, 3.63) is 35.9 Å². The van der Waals surface area contributed by atoms with Gasteiger partial charge in [0.1, 0.15) is 0 Å². The van der Waals surface area contributed by atoms with Crippen LogP contribution < -0.4 is 16.8 Å². The minimum Gasteiger partial charge on any atom is -0.370 e. The predicted molar refractivity (Wildman–Crippen MR) is 71.9 cm³/mol. The van der Waals surface area contributed by atoms with E-state index in [0.717, 1.165) is 6.42 Å². The molecule has 92 valence electrons. The van der Waals surface area contributed by atoms with Crippen molar-refractivity contribution < 1.29 is 0 Å². The topological polar surface area (TPSA) is 88.8 Å². The van der Waals surface area contributed by atoms with E-state index in [-0.39, 0.29) is 0 Å². The van der Waals surface area contributed by atoms with E-state index in [1.807, 2.05) is 25.1 Å². The standard InChI is InChI=1S/C12H19N5/c1-2-15-11(13)17-12(14)16-9-8-10-6-4-3-5-7-10/h3-7H,2,8-9H2,1H3,(H5,13,14,15,16,17). The highest BCUT2D eigenvalue weighted by Gasteiger charge is 1.94. The van der Waals surface area contributed by atoms with Gasteiger partial charge in [-0.05, 0) is 18.9 Å². The summed E-state index contributed by atoms with van der Waals surface area (Å²) in [6.07, 6.45) is 0.855. The lowest BCUT2D eigenvalue weighted by atomic mass is 10.2. The first-order valence-corrected chi connectivity index (χ1v) is 5.63. The third-order valence-electron chi connectivity index (χ3n) is 2.11. The fourth-order valence-corrected chi connectivity index (χ4v) is 1.33. The number of nitrogens with one attached hydrogen (secondary N) is 1. The van der Waals surface area contributed by atoms with Crippen LogP contribution >= 0.6 is 0 Å². The Labute approximate surface area is 102 Å². The zero-order chi connectivity index (χ0) is 12.5. The van der Waals surface area contributed by atoms with Crippen molar-refractivity contribution >= 4 is 11.9 Å². The van der Waals surface area contributed by atoms with Crippen LogP contribution in [0.1, 0.15) is 12.5 Å². The van der Waals surface area contributed by atoms with Crippen LogP contribution in [0.4, 0.5) is 0 Å². The van der Waals surface area contributed by atoms with Crippen LogP contribution in [0.15, 0.2) is 40.3 Å². The van der Waals surface area contributed by atoms with Crippen molar-refractivity contribution in [2.75, 3.05) is 13.1 Å². The quantitative estimate of drug-likeness (QED) is 0.521. The average molecular weight is 233 g/mol. The number of aliphatic imine (C=N–C) groups is 2. The van der Waals surface area contributed by atoms with E-state index in [1.54, 1.807) is 0 Å². The van der Waals surface area contributed by atoms with Gasteiger partial charge in [0.15, 0.2) is 11.9 Å². The van der Waals surface area contributed by atoms with Gasteiger partial charge >= 0.3 is 0 Å². The minimum atomic E-state index is 0.300. The molecule has 0 aliphatic rings.